The molecular weight excluding hydrogens is 104 g/mol. The summed E-state index contributed by atoms with van der Waals surface area (Å²) in [6.45, 7) is 0. The van der Waals surface area contributed by atoms with Gasteiger partial charge in [0.2, 0.25) is 6.19 Å². The van der Waals surface area contributed by atoms with Crippen molar-refractivity contribution in [3.8, 4) is 6.19 Å². The molecule has 4 heteroatoms. The molecule has 0 atom stereocenters. The van der Waals surface area contributed by atoms with Crippen LogP contribution >= 0.6 is 0 Å². The van der Waals surface area contributed by atoms with E-state index in [-0.39, 0.29) is 0 Å². The SMILES string of the molecule is N#CN1C=NC=CN1. The molecule has 0 aromatic carbocycles. The van der Waals surface area contributed by atoms with E-state index < -0.39 is 0 Å². The van der Waals surface area contributed by atoms with E-state index in [1.165, 1.54) is 11.3 Å². The number of hydrogen-bond donors (Lipinski definition) is 1. The summed E-state index contributed by atoms with van der Waals surface area (Å²) in [7, 11) is 0. The average Bonchev–Trinajstić information content (AvgIpc) is 1.90. The highest BCUT2D eigenvalue weighted by Crippen LogP contribution is 1.81. The number of hydrogen-bond acceptors (Lipinski definition) is 4. The summed E-state index contributed by atoms with van der Waals surface area (Å²) in [5.74, 6) is 0. The first-order valence-electron chi connectivity index (χ1n) is 2.07. The highest BCUT2D eigenvalue weighted by atomic mass is 15.5. The van der Waals surface area contributed by atoms with Crippen molar-refractivity contribution in [3.05, 3.63) is 12.4 Å². The summed E-state index contributed by atoms with van der Waals surface area (Å²) >= 11 is 0. The number of hydrazine groups is 1. The third-order valence-corrected chi connectivity index (χ3v) is 0.664. The second kappa shape index (κ2) is 1.98. The molecule has 0 spiro atoms. The number of nitrogens with zero attached hydrogens (tertiary/aromatic N) is 3. The van der Waals surface area contributed by atoms with Gasteiger partial charge in [-0.05, 0) is 0 Å². The Morgan fingerprint density at radius 3 is 3.00 bits per heavy atom. The van der Waals surface area contributed by atoms with Crippen LogP contribution in [0.25, 0.3) is 0 Å². The van der Waals surface area contributed by atoms with Gasteiger partial charge in [0.1, 0.15) is 6.34 Å². The summed E-state index contributed by atoms with van der Waals surface area (Å²) in [6, 6.07) is 0. The first kappa shape index (κ1) is 4.65. The largest absolute Gasteiger partial charge is 0.290 e. The highest BCUT2D eigenvalue weighted by molar-refractivity contribution is 5.58. The molecule has 1 aliphatic heterocycles. The summed E-state index contributed by atoms with van der Waals surface area (Å²) in [4.78, 5) is 3.66. The van der Waals surface area contributed by atoms with Crippen molar-refractivity contribution >= 4 is 6.34 Å². The number of aliphatic imine (C=N–C) groups is 1. The normalized spacial score (nSPS) is 15.1. The molecule has 0 saturated heterocycles. The van der Waals surface area contributed by atoms with Gasteiger partial charge in [0, 0.05) is 12.4 Å². The Morgan fingerprint density at radius 2 is 2.62 bits per heavy atom. The van der Waals surface area contributed by atoms with Gasteiger partial charge >= 0.3 is 0 Å². The van der Waals surface area contributed by atoms with Gasteiger partial charge in [0.05, 0.1) is 0 Å². The van der Waals surface area contributed by atoms with E-state index in [0.717, 1.165) is 0 Å². The van der Waals surface area contributed by atoms with E-state index in [1.807, 2.05) is 6.19 Å². The summed E-state index contributed by atoms with van der Waals surface area (Å²) in [5.41, 5.74) is 2.61. The van der Waals surface area contributed by atoms with E-state index in [1.54, 1.807) is 12.4 Å². The van der Waals surface area contributed by atoms with E-state index in [2.05, 4.69) is 10.4 Å². The second-order valence-electron chi connectivity index (χ2n) is 1.18. The Morgan fingerprint density at radius 1 is 1.75 bits per heavy atom. The lowest BCUT2D eigenvalue weighted by Gasteiger charge is -2.09. The average molecular weight is 108 g/mol. The van der Waals surface area contributed by atoms with Gasteiger partial charge < -0.3 is 0 Å². The van der Waals surface area contributed by atoms with Crippen LogP contribution in [0.1, 0.15) is 0 Å². The number of nitrogens with one attached hydrogen (secondary N) is 1. The molecule has 4 nitrogen and oxygen atoms in total. The Labute approximate surface area is 46.7 Å². The highest BCUT2D eigenvalue weighted by Gasteiger charge is 1.91. The number of rotatable bonds is 0. The molecule has 40 valence electrons. The fourth-order valence-corrected chi connectivity index (χ4v) is 0.350. The minimum absolute atomic E-state index is 1.19. The van der Waals surface area contributed by atoms with Crippen LogP contribution in [-0.2, 0) is 0 Å². The summed E-state index contributed by atoms with van der Waals surface area (Å²) in [6.07, 6.45) is 6.35. The van der Waals surface area contributed by atoms with Gasteiger partial charge in [-0.2, -0.15) is 10.3 Å². The lowest BCUT2D eigenvalue weighted by atomic mass is 10.8. The molecule has 0 bridgehead atoms. The minimum Gasteiger partial charge on any atom is -0.290 e. The molecule has 0 aromatic heterocycles. The molecule has 0 fully saturated rings. The zero-order chi connectivity index (χ0) is 5.82. The quantitative estimate of drug-likeness (QED) is 0.437. The van der Waals surface area contributed by atoms with Crippen LogP contribution in [0.15, 0.2) is 17.4 Å². The summed E-state index contributed by atoms with van der Waals surface area (Å²) in [5, 5.41) is 9.37. The monoisotopic (exact) mass is 108 g/mol. The first-order valence-corrected chi connectivity index (χ1v) is 2.07. The van der Waals surface area contributed by atoms with Crippen molar-refractivity contribution < 1.29 is 0 Å². The second-order valence-corrected chi connectivity index (χ2v) is 1.18. The van der Waals surface area contributed by atoms with Gasteiger partial charge in [0.25, 0.3) is 0 Å². The van der Waals surface area contributed by atoms with Crippen molar-refractivity contribution in [1.29, 1.82) is 5.26 Å². The predicted octanol–water partition coefficient (Wildman–Crippen LogP) is -0.213. The van der Waals surface area contributed by atoms with Gasteiger partial charge in [-0.15, -0.1) is 0 Å². The maximum Gasteiger partial charge on any atom is 0.205 e. The Kier molecular flexibility index (Phi) is 1.15. The third kappa shape index (κ3) is 0.763. The molecule has 0 saturated carbocycles. The van der Waals surface area contributed by atoms with Crippen LogP contribution in [0.2, 0.25) is 0 Å². The van der Waals surface area contributed by atoms with Crippen molar-refractivity contribution in [1.82, 2.24) is 10.4 Å². The topological polar surface area (TPSA) is 51.4 Å². The molecule has 1 aliphatic rings. The van der Waals surface area contributed by atoms with Gasteiger partial charge in [-0.1, -0.05) is 0 Å². The summed E-state index contributed by atoms with van der Waals surface area (Å²) < 4.78 is 0. The zero-order valence-electron chi connectivity index (χ0n) is 4.07. The molecule has 0 radical (unpaired) electrons. The zero-order valence-corrected chi connectivity index (χ0v) is 4.07. The van der Waals surface area contributed by atoms with Crippen LogP contribution in [-0.4, -0.2) is 11.3 Å². The molecule has 1 rings (SSSR count). The predicted molar refractivity (Wildman–Crippen MR) is 28.2 cm³/mol. The van der Waals surface area contributed by atoms with E-state index in [0.29, 0.717) is 0 Å². The molecule has 8 heavy (non-hydrogen) atoms. The smallest absolute Gasteiger partial charge is 0.205 e. The van der Waals surface area contributed by atoms with Crippen LogP contribution in [0.4, 0.5) is 0 Å². The molecule has 1 heterocycles. The maximum atomic E-state index is 8.18. The van der Waals surface area contributed by atoms with Crippen molar-refractivity contribution in [2.24, 2.45) is 4.99 Å². The third-order valence-electron chi connectivity index (χ3n) is 0.664. The van der Waals surface area contributed by atoms with Crippen LogP contribution in [0, 0.1) is 11.5 Å². The van der Waals surface area contributed by atoms with Crippen molar-refractivity contribution in [2.45, 2.75) is 0 Å². The van der Waals surface area contributed by atoms with Crippen molar-refractivity contribution in [2.75, 3.05) is 0 Å². The lowest BCUT2D eigenvalue weighted by Crippen LogP contribution is -2.29. The van der Waals surface area contributed by atoms with Crippen molar-refractivity contribution in [3.63, 3.8) is 0 Å². The minimum atomic E-state index is 1.19. The molecule has 0 unspecified atom stereocenters. The Hall–Kier alpha value is -1.50. The fourth-order valence-electron chi connectivity index (χ4n) is 0.350. The molecule has 1 N–H and O–H groups in total. The van der Waals surface area contributed by atoms with Gasteiger partial charge in [-0.3, -0.25) is 5.43 Å². The standard InChI is InChI=1S/C4H4N4/c5-3-8-4-6-1-2-7-8/h1-2,4,7H. The Balaban J connectivity index is 2.55. The van der Waals surface area contributed by atoms with Crippen LogP contribution in [0.5, 0.6) is 0 Å². The molecule has 0 aliphatic carbocycles. The van der Waals surface area contributed by atoms with Crippen LogP contribution < -0.4 is 5.43 Å². The van der Waals surface area contributed by atoms with E-state index in [9.17, 15) is 0 Å². The Bertz CT molecular complexity index is 163. The van der Waals surface area contributed by atoms with E-state index >= 15 is 0 Å². The van der Waals surface area contributed by atoms with Crippen LogP contribution in [0.3, 0.4) is 0 Å². The van der Waals surface area contributed by atoms with E-state index in [4.69, 9.17) is 5.26 Å². The maximum absolute atomic E-state index is 8.18. The molecular formula is C4H4N4. The number of nitriles is 1. The van der Waals surface area contributed by atoms with Gasteiger partial charge in [0.15, 0.2) is 0 Å². The lowest BCUT2D eigenvalue weighted by molar-refractivity contribution is 0.504. The molecule has 0 amide bonds. The first-order chi connectivity index (χ1) is 3.93. The molecule has 0 aromatic rings. The fraction of sp³-hybridized carbons (Fsp3) is 0. The van der Waals surface area contributed by atoms with Gasteiger partial charge in [-0.25, -0.2) is 4.99 Å².